The van der Waals surface area contributed by atoms with Crippen molar-refractivity contribution in [1.82, 2.24) is 23.7 Å². The highest BCUT2D eigenvalue weighted by atomic mass is 35.5. The van der Waals surface area contributed by atoms with Crippen LogP contribution in [0.1, 0.15) is 18.7 Å². The van der Waals surface area contributed by atoms with Crippen molar-refractivity contribution in [2.75, 3.05) is 0 Å². The van der Waals surface area contributed by atoms with Gasteiger partial charge in [-0.05, 0) is 19.1 Å². The van der Waals surface area contributed by atoms with Crippen LogP contribution in [-0.2, 0) is 17.1 Å². The molecular weight excluding hydrogens is 326 g/mol. The minimum Gasteiger partial charge on any atom is -0.324 e. The first-order chi connectivity index (χ1) is 10.4. The zero-order chi connectivity index (χ0) is 15.9. The molecular formula is C13H14ClN5O2S. The highest BCUT2D eigenvalue weighted by molar-refractivity contribution is 7.89. The lowest BCUT2D eigenvalue weighted by Crippen LogP contribution is -2.27. The number of halogens is 1. The normalized spacial score (nSPS) is 13.6. The van der Waals surface area contributed by atoms with Crippen molar-refractivity contribution < 1.29 is 8.42 Å². The summed E-state index contributed by atoms with van der Waals surface area (Å²) in [6.45, 7) is 1.72. The first-order valence-electron chi connectivity index (χ1n) is 6.51. The van der Waals surface area contributed by atoms with Crippen molar-refractivity contribution in [3.63, 3.8) is 0 Å². The molecule has 1 atom stereocenters. The van der Waals surface area contributed by atoms with Gasteiger partial charge in [0.15, 0.2) is 0 Å². The minimum atomic E-state index is -3.82. The van der Waals surface area contributed by atoms with E-state index in [1.165, 1.54) is 10.9 Å². The largest absolute Gasteiger partial charge is 0.324 e. The molecule has 0 saturated carbocycles. The SMILES string of the molecule is C[C@@H](NS(=O)(=O)c1ncn(C)c1Cl)c1cn2ccccc2n1. The van der Waals surface area contributed by atoms with Crippen LogP contribution in [0.5, 0.6) is 0 Å². The molecule has 22 heavy (non-hydrogen) atoms. The molecule has 0 aliphatic rings. The molecule has 0 aromatic carbocycles. The van der Waals surface area contributed by atoms with Crippen LogP contribution in [0, 0.1) is 0 Å². The average molecular weight is 340 g/mol. The van der Waals surface area contributed by atoms with Crippen LogP contribution in [0.25, 0.3) is 5.65 Å². The molecule has 3 rings (SSSR count). The lowest BCUT2D eigenvalue weighted by atomic mass is 10.3. The molecule has 0 fully saturated rings. The predicted octanol–water partition coefficient (Wildman–Crippen LogP) is 1.76. The summed E-state index contributed by atoms with van der Waals surface area (Å²) in [7, 11) is -2.19. The Balaban J connectivity index is 1.90. The van der Waals surface area contributed by atoms with Gasteiger partial charge in [-0.15, -0.1) is 0 Å². The maximum Gasteiger partial charge on any atom is 0.261 e. The van der Waals surface area contributed by atoms with E-state index in [-0.39, 0.29) is 10.2 Å². The third-order valence-electron chi connectivity index (χ3n) is 3.25. The second-order valence-electron chi connectivity index (χ2n) is 4.93. The molecule has 0 radical (unpaired) electrons. The van der Waals surface area contributed by atoms with Crippen LogP contribution in [0.4, 0.5) is 0 Å². The Hall–Kier alpha value is -1.90. The number of hydrogen-bond donors (Lipinski definition) is 1. The van der Waals surface area contributed by atoms with Gasteiger partial charge in [0.25, 0.3) is 10.0 Å². The van der Waals surface area contributed by atoms with E-state index < -0.39 is 16.1 Å². The first-order valence-corrected chi connectivity index (χ1v) is 8.37. The summed E-state index contributed by atoms with van der Waals surface area (Å²) in [5, 5.41) is -0.123. The molecule has 3 heterocycles. The lowest BCUT2D eigenvalue weighted by molar-refractivity contribution is 0.561. The molecule has 0 saturated heterocycles. The van der Waals surface area contributed by atoms with Crippen LogP contribution in [0.3, 0.4) is 0 Å². The van der Waals surface area contributed by atoms with E-state index in [0.29, 0.717) is 5.69 Å². The van der Waals surface area contributed by atoms with Gasteiger partial charge in [-0.1, -0.05) is 17.7 Å². The van der Waals surface area contributed by atoms with E-state index in [1.54, 1.807) is 20.2 Å². The number of nitrogens with zero attached hydrogens (tertiary/aromatic N) is 4. The molecule has 3 aromatic rings. The molecule has 0 aliphatic carbocycles. The Labute approximate surface area is 132 Å². The highest BCUT2D eigenvalue weighted by Gasteiger charge is 2.25. The second-order valence-corrected chi connectivity index (χ2v) is 6.91. The summed E-state index contributed by atoms with van der Waals surface area (Å²) in [4.78, 5) is 8.23. The van der Waals surface area contributed by atoms with E-state index in [4.69, 9.17) is 11.6 Å². The van der Waals surface area contributed by atoms with Crippen molar-refractivity contribution in [1.29, 1.82) is 0 Å². The highest BCUT2D eigenvalue weighted by Crippen LogP contribution is 2.21. The molecule has 3 aromatic heterocycles. The minimum absolute atomic E-state index is 0.0645. The molecule has 0 spiro atoms. The molecule has 7 nitrogen and oxygen atoms in total. The third kappa shape index (κ3) is 2.60. The van der Waals surface area contributed by atoms with E-state index in [9.17, 15) is 8.42 Å². The van der Waals surface area contributed by atoms with Crippen LogP contribution >= 0.6 is 11.6 Å². The molecule has 0 aliphatic heterocycles. The lowest BCUT2D eigenvalue weighted by Gasteiger charge is -2.10. The maximum atomic E-state index is 12.4. The van der Waals surface area contributed by atoms with Crippen molar-refractivity contribution in [2.45, 2.75) is 18.0 Å². The number of aryl methyl sites for hydroxylation is 1. The second kappa shape index (κ2) is 5.38. The number of imidazole rings is 2. The number of hydrogen-bond acceptors (Lipinski definition) is 4. The average Bonchev–Trinajstić information content (AvgIpc) is 3.03. The van der Waals surface area contributed by atoms with Crippen molar-refractivity contribution in [3.8, 4) is 0 Å². The van der Waals surface area contributed by atoms with Gasteiger partial charge in [-0.2, -0.15) is 0 Å². The van der Waals surface area contributed by atoms with Gasteiger partial charge in [0.2, 0.25) is 5.03 Å². The van der Waals surface area contributed by atoms with Crippen molar-refractivity contribution >= 4 is 27.3 Å². The summed E-state index contributed by atoms with van der Waals surface area (Å²) < 4.78 is 30.5. The van der Waals surface area contributed by atoms with Gasteiger partial charge >= 0.3 is 0 Å². The van der Waals surface area contributed by atoms with Gasteiger partial charge < -0.3 is 8.97 Å². The number of nitrogens with one attached hydrogen (secondary N) is 1. The Morgan fingerprint density at radius 3 is 2.77 bits per heavy atom. The van der Waals surface area contributed by atoms with Crippen LogP contribution in [0.15, 0.2) is 41.9 Å². The smallest absolute Gasteiger partial charge is 0.261 e. The molecule has 1 N–H and O–H groups in total. The van der Waals surface area contributed by atoms with Gasteiger partial charge in [-0.3, -0.25) is 0 Å². The summed E-state index contributed by atoms with van der Waals surface area (Å²) in [6.07, 6.45) is 4.98. The maximum absolute atomic E-state index is 12.4. The molecule has 0 amide bonds. The fraction of sp³-hybridized carbons (Fsp3) is 0.231. The zero-order valence-electron chi connectivity index (χ0n) is 11.9. The fourth-order valence-corrected chi connectivity index (χ4v) is 3.73. The molecule has 0 bridgehead atoms. The number of fused-ring (bicyclic) bond motifs is 1. The zero-order valence-corrected chi connectivity index (χ0v) is 13.5. The Morgan fingerprint density at radius 2 is 2.14 bits per heavy atom. The first kappa shape index (κ1) is 15.0. The molecule has 9 heteroatoms. The van der Waals surface area contributed by atoms with E-state index >= 15 is 0 Å². The summed E-state index contributed by atoms with van der Waals surface area (Å²) in [5.74, 6) is 0. The Bertz CT molecular complexity index is 898. The number of aromatic nitrogens is 4. The Kier molecular flexibility index (Phi) is 3.67. The Morgan fingerprint density at radius 1 is 1.36 bits per heavy atom. The predicted molar refractivity (Wildman–Crippen MR) is 82.1 cm³/mol. The number of rotatable bonds is 4. The van der Waals surface area contributed by atoms with Crippen LogP contribution < -0.4 is 4.72 Å². The quantitative estimate of drug-likeness (QED) is 0.785. The number of sulfonamides is 1. The molecule has 0 unspecified atom stereocenters. The van der Waals surface area contributed by atoms with Gasteiger partial charge in [0.05, 0.1) is 18.1 Å². The van der Waals surface area contributed by atoms with E-state index in [2.05, 4.69) is 14.7 Å². The summed E-state index contributed by atoms with van der Waals surface area (Å²) >= 11 is 5.95. The van der Waals surface area contributed by atoms with Crippen LogP contribution in [0.2, 0.25) is 5.15 Å². The van der Waals surface area contributed by atoms with Gasteiger partial charge in [-0.25, -0.2) is 23.1 Å². The summed E-state index contributed by atoms with van der Waals surface area (Å²) in [6, 6.07) is 5.08. The topological polar surface area (TPSA) is 81.3 Å². The summed E-state index contributed by atoms with van der Waals surface area (Å²) in [5.41, 5.74) is 1.36. The van der Waals surface area contributed by atoms with Crippen molar-refractivity contribution in [3.05, 3.63) is 47.8 Å². The molecule has 116 valence electrons. The van der Waals surface area contributed by atoms with Gasteiger partial charge in [0.1, 0.15) is 10.8 Å². The standard InChI is InChI=1S/C13H14ClN5O2S/c1-9(10-7-19-6-4-3-5-11(19)16-10)17-22(20,21)13-12(14)18(2)8-15-13/h3-9,17H,1-2H3/t9-/m1/s1. The van der Waals surface area contributed by atoms with E-state index in [1.807, 2.05) is 28.8 Å². The third-order valence-corrected chi connectivity index (χ3v) is 5.28. The van der Waals surface area contributed by atoms with Gasteiger partial charge in [0, 0.05) is 19.4 Å². The fourth-order valence-electron chi connectivity index (χ4n) is 2.09. The van der Waals surface area contributed by atoms with E-state index in [0.717, 1.165) is 5.65 Å². The van der Waals surface area contributed by atoms with Crippen LogP contribution in [-0.4, -0.2) is 27.4 Å². The number of pyridine rings is 1. The van der Waals surface area contributed by atoms with Crippen molar-refractivity contribution in [2.24, 2.45) is 7.05 Å². The monoisotopic (exact) mass is 339 g/mol.